The van der Waals surface area contributed by atoms with Crippen LogP contribution >= 0.6 is 0 Å². The van der Waals surface area contributed by atoms with Gasteiger partial charge < -0.3 is 19.5 Å². The van der Waals surface area contributed by atoms with Gasteiger partial charge in [0.1, 0.15) is 12.4 Å². The third-order valence-electron chi connectivity index (χ3n) is 4.72. The van der Waals surface area contributed by atoms with Gasteiger partial charge in [-0.05, 0) is 36.8 Å². The Bertz CT molecular complexity index is 958. The predicted octanol–water partition coefficient (Wildman–Crippen LogP) is 3.43. The number of urea groups is 1. The molecule has 0 radical (unpaired) electrons. The van der Waals surface area contributed by atoms with Crippen LogP contribution in [0.1, 0.15) is 18.5 Å². The van der Waals surface area contributed by atoms with Gasteiger partial charge in [-0.1, -0.05) is 24.3 Å². The number of para-hydroxylation sites is 1. The van der Waals surface area contributed by atoms with E-state index in [4.69, 9.17) is 14.2 Å². The monoisotopic (exact) mass is 414 g/mol. The predicted molar refractivity (Wildman–Crippen MR) is 108 cm³/mol. The molecule has 0 spiro atoms. The molecule has 1 aliphatic heterocycles. The van der Waals surface area contributed by atoms with Crippen LogP contribution in [-0.4, -0.2) is 44.3 Å². The van der Waals surface area contributed by atoms with Crippen LogP contribution in [0.5, 0.6) is 11.5 Å². The lowest BCUT2D eigenvalue weighted by Crippen LogP contribution is -2.48. The molecule has 0 aliphatic carbocycles. The average molecular weight is 414 g/mol. The molecule has 0 saturated heterocycles. The summed E-state index contributed by atoms with van der Waals surface area (Å²) in [5.41, 5.74) is 1.19. The van der Waals surface area contributed by atoms with Crippen LogP contribution in [0.25, 0.3) is 0 Å². The van der Waals surface area contributed by atoms with E-state index in [9.17, 15) is 14.0 Å². The highest BCUT2D eigenvalue weighted by atomic mass is 19.1. The lowest BCUT2D eigenvalue weighted by molar-refractivity contribution is -0.139. The normalized spacial score (nSPS) is 16.2. The Morgan fingerprint density at radius 3 is 2.50 bits per heavy atom. The molecule has 0 unspecified atom stereocenters. The van der Waals surface area contributed by atoms with Crippen molar-refractivity contribution in [1.29, 1.82) is 0 Å². The Morgan fingerprint density at radius 1 is 1.17 bits per heavy atom. The zero-order chi connectivity index (χ0) is 21.7. The Kier molecular flexibility index (Phi) is 6.56. The van der Waals surface area contributed by atoms with Crippen LogP contribution in [0, 0.1) is 5.82 Å². The number of hydrogen-bond donors (Lipinski definition) is 1. The van der Waals surface area contributed by atoms with Crippen molar-refractivity contribution in [1.82, 2.24) is 10.2 Å². The number of nitrogens with zero attached hydrogens (tertiary/aromatic N) is 1. The first-order chi connectivity index (χ1) is 14.5. The smallest absolute Gasteiger partial charge is 0.338 e. The molecule has 1 aliphatic rings. The van der Waals surface area contributed by atoms with E-state index in [-0.39, 0.29) is 24.5 Å². The summed E-state index contributed by atoms with van der Waals surface area (Å²) in [5.74, 6) is -0.459. The Balaban J connectivity index is 2.03. The Hall–Kier alpha value is -3.55. The second-order valence-corrected chi connectivity index (χ2v) is 6.51. The van der Waals surface area contributed by atoms with Crippen LogP contribution in [0.3, 0.4) is 0 Å². The molecule has 158 valence electrons. The molecule has 0 bridgehead atoms. The molecule has 30 heavy (non-hydrogen) atoms. The van der Waals surface area contributed by atoms with E-state index in [0.29, 0.717) is 17.0 Å². The Labute approximate surface area is 174 Å². The SMILES string of the molecule is CCOC(=O)C1=C(COc2ccccc2F)N(C)C(=O)N[C@H]1c1ccc(OC)cc1. The molecule has 1 heterocycles. The van der Waals surface area contributed by atoms with Gasteiger partial charge in [0.25, 0.3) is 0 Å². The molecule has 0 fully saturated rings. The van der Waals surface area contributed by atoms with Gasteiger partial charge in [0.15, 0.2) is 11.6 Å². The first-order valence-electron chi connectivity index (χ1n) is 9.42. The molecule has 8 heteroatoms. The van der Waals surface area contributed by atoms with Gasteiger partial charge >= 0.3 is 12.0 Å². The third kappa shape index (κ3) is 4.37. The minimum absolute atomic E-state index is 0.0218. The van der Waals surface area contributed by atoms with Crippen molar-refractivity contribution in [3.05, 3.63) is 71.2 Å². The number of methoxy groups -OCH3 is 1. The lowest BCUT2D eigenvalue weighted by atomic mass is 9.94. The first-order valence-corrected chi connectivity index (χ1v) is 9.42. The maximum absolute atomic E-state index is 14.0. The van der Waals surface area contributed by atoms with Crippen LogP contribution in [0.2, 0.25) is 0 Å². The fourth-order valence-corrected chi connectivity index (χ4v) is 3.14. The van der Waals surface area contributed by atoms with Gasteiger partial charge in [-0.15, -0.1) is 0 Å². The molecule has 1 atom stereocenters. The van der Waals surface area contributed by atoms with Crippen LogP contribution in [0.4, 0.5) is 9.18 Å². The number of likely N-dealkylation sites (N-methyl/N-ethyl adjacent to an activating group) is 1. The van der Waals surface area contributed by atoms with Crippen molar-refractivity contribution in [3.63, 3.8) is 0 Å². The molecule has 0 aromatic heterocycles. The second-order valence-electron chi connectivity index (χ2n) is 6.51. The maximum Gasteiger partial charge on any atom is 0.338 e. The average Bonchev–Trinajstić information content (AvgIpc) is 2.75. The van der Waals surface area contributed by atoms with Crippen molar-refractivity contribution in [3.8, 4) is 11.5 Å². The molecule has 7 nitrogen and oxygen atoms in total. The summed E-state index contributed by atoms with van der Waals surface area (Å²) in [6, 6.07) is 11.7. The summed E-state index contributed by atoms with van der Waals surface area (Å²) in [5, 5.41) is 2.81. The van der Waals surface area contributed by atoms with E-state index in [2.05, 4.69) is 5.32 Å². The largest absolute Gasteiger partial charge is 0.497 e. The highest BCUT2D eigenvalue weighted by Gasteiger charge is 2.37. The highest BCUT2D eigenvalue weighted by Crippen LogP contribution is 2.32. The number of benzene rings is 2. The zero-order valence-electron chi connectivity index (χ0n) is 17.0. The van der Waals surface area contributed by atoms with E-state index in [1.807, 2.05) is 0 Å². The van der Waals surface area contributed by atoms with Crippen LogP contribution in [0.15, 0.2) is 59.8 Å². The van der Waals surface area contributed by atoms with Gasteiger partial charge in [0.2, 0.25) is 0 Å². The van der Waals surface area contributed by atoms with E-state index in [0.717, 1.165) is 0 Å². The minimum atomic E-state index is -0.752. The Morgan fingerprint density at radius 2 is 1.87 bits per heavy atom. The van der Waals surface area contributed by atoms with Gasteiger partial charge in [-0.25, -0.2) is 14.0 Å². The van der Waals surface area contributed by atoms with E-state index in [1.54, 1.807) is 50.4 Å². The van der Waals surface area contributed by atoms with Crippen molar-refractivity contribution in [2.75, 3.05) is 27.4 Å². The summed E-state index contributed by atoms with van der Waals surface area (Å²) in [6.07, 6.45) is 0. The molecule has 1 N–H and O–H groups in total. The molecular formula is C22H23FN2O5. The van der Waals surface area contributed by atoms with Crippen molar-refractivity contribution in [2.45, 2.75) is 13.0 Å². The highest BCUT2D eigenvalue weighted by molar-refractivity contribution is 5.95. The number of rotatable bonds is 7. The van der Waals surface area contributed by atoms with Crippen molar-refractivity contribution in [2.24, 2.45) is 0 Å². The quantitative estimate of drug-likeness (QED) is 0.703. The maximum atomic E-state index is 14.0. The number of halogens is 1. The molecule has 2 aromatic carbocycles. The number of hydrogen-bond acceptors (Lipinski definition) is 5. The fraction of sp³-hybridized carbons (Fsp3) is 0.273. The zero-order valence-corrected chi connectivity index (χ0v) is 17.0. The number of nitrogens with one attached hydrogen (secondary N) is 1. The third-order valence-corrected chi connectivity index (χ3v) is 4.72. The molecule has 0 saturated carbocycles. The second kappa shape index (κ2) is 9.30. The number of carbonyl (C=O) groups is 2. The van der Waals surface area contributed by atoms with Crippen molar-refractivity contribution < 1.29 is 28.2 Å². The van der Waals surface area contributed by atoms with Crippen LogP contribution < -0.4 is 14.8 Å². The number of ether oxygens (including phenoxy) is 3. The first kappa shape index (κ1) is 21.2. The molecule has 3 rings (SSSR count). The fourth-order valence-electron chi connectivity index (χ4n) is 3.14. The van der Waals surface area contributed by atoms with Gasteiger partial charge in [-0.3, -0.25) is 4.90 Å². The summed E-state index contributed by atoms with van der Waals surface area (Å²) >= 11 is 0. The van der Waals surface area contributed by atoms with Gasteiger partial charge in [0, 0.05) is 7.05 Å². The summed E-state index contributed by atoms with van der Waals surface area (Å²) in [6.45, 7) is 1.67. The number of esters is 1. The number of amides is 2. The van der Waals surface area contributed by atoms with Gasteiger partial charge in [-0.2, -0.15) is 0 Å². The van der Waals surface area contributed by atoms with Gasteiger partial charge in [0.05, 0.1) is 31.0 Å². The summed E-state index contributed by atoms with van der Waals surface area (Å²) in [7, 11) is 3.06. The summed E-state index contributed by atoms with van der Waals surface area (Å²) in [4.78, 5) is 26.7. The standard InChI is InChI=1S/C22H23FN2O5/c1-4-29-21(26)19-17(13-30-18-8-6-5-7-16(18)23)25(2)22(27)24-20(19)14-9-11-15(28-3)12-10-14/h5-12,20H,4,13H2,1-3H3,(H,24,27)/t20-/m0/s1. The molecule has 2 aromatic rings. The molecule has 2 amide bonds. The van der Waals surface area contributed by atoms with E-state index < -0.39 is 23.9 Å². The van der Waals surface area contributed by atoms with Crippen molar-refractivity contribution >= 4 is 12.0 Å². The number of carbonyl (C=O) groups excluding carboxylic acids is 2. The molecular weight excluding hydrogens is 391 g/mol. The minimum Gasteiger partial charge on any atom is -0.497 e. The summed E-state index contributed by atoms with van der Waals surface area (Å²) < 4.78 is 30.0. The van der Waals surface area contributed by atoms with E-state index in [1.165, 1.54) is 24.1 Å². The van der Waals surface area contributed by atoms with Crippen LogP contribution in [-0.2, 0) is 9.53 Å². The lowest BCUT2D eigenvalue weighted by Gasteiger charge is -2.34. The van der Waals surface area contributed by atoms with E-state index >= 15 is 0 Å². The topological polar surface area (TPSA) is 77.1 Å².